The molecule has 1 N–H and O–H groups in total. The molecule has 1 aromatic heterocycles. The van der Waals surface area contributed by atoms with Crippen LogP contribution in [0.1, 0.15) is 20.3 Å². The first-order valence-electron chi connectivity index (χ1n) is 6.54. The minimum Gasteiger partial charge on any atom is -0.493 e. The third-order valence-electron chi connectivity index (χ3n) is 3.04. The molecular formula is C15H18N2O3. The number of H-pyrrole nitrogens is 1. The summed E-state index contributed by atoms with van der Waals surface area (Å²) in [5.41, 5.74) is 1.31. The van der Waals surface area contributed by atoms with E-state index >= 15 is 0 Å². The predicted octanol–water partition coefficient (Wildman–Crippen LogP) is 2.62. The molecular weight excluding hydrogens is 256 g/mol. The molecule has 1 heterocycles. The highest BCUT2D eigenvalue weighted by Gasteiger charge is 2.10. The number of hydrogen-bond acceptors (Lipinski definition) is 4. The Morgan fingerprint density at radius 3 is 2.65 bits per heavy atom. The van der Waals surface area contributed by atoms with Crippen molar-refractivity contribution in [3.8, 4) is 22.8 Å². The Balaban J connectivity index is 2.33. The molecule has 1 unspecified atom stereocenters. The van der Waals surface area contributed by atoms with Gasteiger partial charge in [0.05, 0.1) is 18.9 Å². The van der Waals surface area contributed by atoms with Gasteiger partial charge in [-0.3, -0.25) is 4.79 Å². The summed E-state index contributed by atoms with van der Waals surface area (Å²) in [6.45, 7) is 4.08. The van der Waals surface area contributed by atoms with Crippen LogP contribution in [0.4, 0.5) is 0 Å². The first-order chi connectivity index (χ1) is 9.63. The summed E-state index contributed by atoms with van der Waals surface area (Å²) in [5, 5.41) is 6.41. The maximum Gasteiger partial charge on any atom is 0.264 e. The normalized spacial score (nSPS) is 11.9. The highest BCUT2D eigenvalue weighted by atomic mass is 16.5. The van der Waals surface area contributed by atoms with Gasteiger partial charge < -0.3 is 9.47 Å². The summed E-state index contributed by atoms with van der Waals surface area (Å²) in [7, 11) is 1.60. The summed E-state index contributed by atoms with van der Waals surface area (Å²) in [6, 6.07) is 8.70. The number of aromatic nitrogens is 2. The summed E-state index contributed by atoms with van der Waals surface area (Å²) < 4.78 is 11.1. The van der Waals surface area contributed by atoms with E-state index in [0.29, 0.717) is 17.2 Å². The lowest BCUT2D eigenvalue weighted by atomic mass is 10.1. The molecule has 5 nitrogen and oxygen atoms in total. The van der Waals surface area contributed by atoms with E-state index in [1.54, 1.807) is 13.2 Å². The smallest absolute Gasteiger partial charge is 0.264 e. The standard InChI is InChI=1S/C15H18N2O3/c1-4-10(2)20-13-7-5-11(9-14(13)19-3)12-6-8-15(18)17-16-12/h5-10H,4H2,1-3H3,(H,17,18). The number of hydrogen-bond donors (Lipinski definition) is 1. The average Bonchev–Trinajstić information content (AvgIpc) is 2.48. The van der Waals surface area contributed by atoms with Gasteiger partial charge in [-0.15, -0.1) is 0 Å². The lowest BCUT2D eigenvalue weighted by Crippen LogP contribution is -2.10. The number of nitrogens with zero attached hydrogens (tertiary/aromatic N) is 1. The monoisotopic (exact) mass is 274 g/mol. The molecule has 0 saturated carbocycles. The molecule has 20 heavy (non-hydrogen) atoms. The van der Waals surface area contributed by atoms with E-state index < -0.39 is 0 Å². The Kier molecular flexibility index (Phi) is 4.40. The lowest BCUT2D eigenvalue weighted by Gasteiger charge is -2.16. The fourth-order valence-electron chi connectivity index (χ4n) is 1.73. The van der Waals surface area contributed by atoms with Crippen LogP contribution in [-0.4, -0.2) is 23.4 Å². The van der Waals surface area contributed by atoms with Gasteiger partial charge >= 0.3 is 0 Å². The van der Waals surface area contributed by atoms with Crippen molar-refractivity contribution in [2.75, 3.05) is 7.11 Å². The van der Waals surface area contributed by atoms with Gasteiger partial charge in [0.2, 0.25) is 0 Å². The average molecular weight is 274 g/mol. The second-order valence-electron chi connectivity index (χ2n) is 4.51. The molecule has 0 fully saturated rings. The van der Waals surface area contributed by atoms with Crippen LogP contribution in [0.5, 0.6) is 11.5 Å². The molecule has 0 radical (unpaired) electrons. The molecule has 0 saturated heterocycles. The van der Waals surface area contributed by atoms with E-state index in [0.717, 1.165) is 12.0 Å². The maximum absolute atomic E-state index is 11.0. The number of nitrogens with one attached hydrogen (secondary N) is 1. The maximum atomic E-state index is 11.0. The highest BCUT2D eigenvalue weighted by Crippen LogP contribution is 2.32. The summed E-state index contributed by atoms with van der Waals surface area (Å²) >= 11 is 0. The zero-order chi connectivity index (χ0) is 14.5. The van der Waals surface area contributed by atoms with Gasteiger partial charge in [0, 0.05) is 11.6 Å². The van der Waals surface area contributed by atoms with Crippen molar-refractivity contribution in [3.63, 3.8) is 0 Å². The third kappa shape index (κ3) is 3.17. The minimum absolute atomic E-state index is 0.126. The Bertz CT molecular complexity index is 617. The van der Waals surface area contributed by atoms with Crippen LogP contribution in [0.3, 0.4) is 0 Å². The topological polar surface area (TPSA) is 64.2 Å². The first kappa shape index (κ1) is 14.1. The van der Waals surface area contributed by atoms with Gasteiger partial charge in [-0.05, 0) is 37.6 Å². The van der Waals surface area contributed by atoms with Crippen molar-refractivity contribution >= 4 is 0 Å². The highest BCUT2D eigenvalue weighted by molar-refractivity contribution is 5.63. The van der Waals surface area contributed by atoms with Crippen LogP contribution in [0, 0.1) is 0 Å². The molecule has 1 aromatic carbocycles. The fourth-order valence-corrected chi connectivity index (χ4v) is 1.73. The molecule has 0 amide bonds. The molecule has 0 aliphatic carbocycles. The zero-order valence-electron chi connectivity index (χ0n) is 11.8. The van der Waals surface area contributed by atoms with Crippen molar-refractivity contribution in [2.45, 2.75) is 26.4 Å². The number of rotatable bonds is 5. The van der Waals surface area contributed by atoms with Gasteiger partial charge in [0.1, 0.15) is 0 Å². The molecule has 0 bridgehead atoms. The predicted molar refractivity (Wildman–Crippen MR) is 77.2 cm³/mol. The molecule has 5 heteroatoms. The second-order valence-corrected chi connectivity index (χ2v) is 4.51. The largest absolute Gasteiger partial charge is 0.493 e. The van der Waals surface area contributed by atoms with Crippen LogP contribution in [0.15, 0.2) is 35.1 Å². The van der Waals surface area contributed by atoms with Crippen molar-refractivity contribution in [1.82, 2.24) is 10.2 Å². The minimum atomic E-state index is -0.225. The van der Waals surface area contributed by atoms with Crippen LogP contribution < -0.4 is 15.0 Å². The second kappa shape index (κ2) is 6.23. The van der Waals surface area contributed by atoms with E-state index in [1.807, 2.05) is 25.1 Å². The molecule has 2 aromatic rings. The van der Waals surface area contributed by atoms with Crippen molar-refractivity contribution in [2.24, 2.45) is 0 Å². The van der Waals surface area contributed by atoms with Gasteiger partial charge in [-0.25, -0.2) is 5.10 Å². The molecule has 2 rings (SSSR count). The molecule has 1 atom stereocenters. The molecule has 0 aliphatic rings. The lowest BCUT2D eigenvalue weighted by molar-refractivity contribution is 0.207. The Morgan fingerprint density at radius 2 is 2.05 bits per heavy atom. The van der Waals surface area contributed by atoms with Gasteiger partial charge in [-0.2, -0.15) is 5.10 Å². The Labute approximate surface area is 117 Å². The Hall–Kier alpha value is -2.30. The van der Waals surface area contributed by atoms with Crippen LogP contribution in [0.25, 0.3) is 11.3 Å². The van der Waals surface area contributed by atoms with Gasteiger partial charge in [-0.1, -0.05) is 6.92 Å². The van der Waals surface area contributed by atoms with E-state index in [-0.39, 0.29) is 11.7 Å². The van der Waals surface area contributed by atoms with Crippen molar-refractivity contribution in [3.05, 3.63) is 40.7 Å². The summed E-state index contributed by atoms with van der Waals surface area (Å²) in [4.78, 5) is 11.0. The zero-order valence-corrected chi connectivity index (χ0v) is 11.8. The van der Waals surface area contributed by atoms with E-state index in [4.69, 9.17) is 9.47 Å². The molecule has 106 valence electrons. The number of aromatic amines is 1. The fraction of sp³-hybridized carbons (Fsp3) is 0.333. The quantitative estimate of drug-likeness (QED) is 0.910. The van der Waals surface area contributed by atoms with E-state index in [1.165, 1.54) is 6.07 Å². The molecule has 0 aliphatic heterocycles. The SMILES string of the molecule is CCC(C)Oc1ccc(-c2ccc(=O)[nH]n2)cc1OC. The van der Waals surface area contributed by atoms with Crippen LogP contribution >= 0.6 is 0 Å². The number of methoxy groups -OCH3 is 1. The van der Waals surface area contributed by atoms with Crippen molar-refractivity contribution < 1.29 is 9.47 Å². The summed E-state index contributed by atoms with van der Waals surface area (Å²) in [6.07, 6.45) is 1.05. The van der Waals surface area contributed by atoms with Crippen LogP contribution in [0.2, 0.25) is 0 Å². The third-order valence-corrected chi connectivity index (χ3v) is 3.04. The van der Waals surface area contributed by atoms with E-state index in [2.05, 4.69) is 17.1 Å². The van der Waals surface area contributed by atoms with Crippen LogP contribution in [-0.2, 0) is 0 Å². The Morgan fingerprint density at radius 1 is 1.25 bits per heavy atom. The van der Waals surface area contributed by atoms with Crippen molar-refractivity contribution in [1.29, 1.82) is 0 Å². The molecule has 0 spiro atoms. The van der Waals surface area contributed by atoms with Gasteiger partial charge in [0.15, 0.2) is 11.5 Å². The van der Waals surface area contributed by atoms with Gasteiger partial charge in [0.25, 0.3) is 5.56 Å². The number of ether oxygens (including phenoxy) is 2. The summed E-state index contributed by atoms with van der Waals surface area (Å²) in [5.74, 6) is 1.35. The van der Waals surface area contributed by atoms with E-state index in [9.17, 15) is 4.79 Å². The first-order valence-corrected chi connectivity index (χ1v) is 6.54. The number of benzene rings is 1.